The van der Waals surface area contributed by atoms with E-state index in [4.69, 9.17) is 17.3 Å². The number of nitrogens with two attached hydrogens (primary N) is 1. The van der Waals surface area contributed by atoms with E-state index in [0.29, 0.717) is 6.04 Å². The molecule has 1 aliphatic rings. The zero-order valence-corrected chi connectivity index (χ0v) is 10.1. The lowest BCUT2D eigenvalue weighted by Crippen LogP contribution is -2.26. The van der Waals surface area contributed by atoms with Crippen LogP contribution in [0.4, 0.5) is 5.69 Å². The summed E-state index contributed by atoms with van der Waals surface area (Å²) in [4.78, 5) is 2.27. The van der Waals surface area contributed by atoms with Gasteiger partial charge in [0.1, 0.15) is 0 Å². The second kappa shape index (κ2) is 4.09. The molecule has 1 saturated heterocycles. The van der Waals surface area contributed by atoms with E-state index in [9.17, 15) is 0 Å². The van der Waals surface area contributed by atoms with E-state index in [-0.39, 0.29) is 0 Å². The molecular weight excluding hydrogens is 263 g/mol. The Morgan fingerprint density at radius 2 is 2.29 bits per heavy atom. The molecule has 4 heteroatoms. The highest BCUT2D eigenvalue weighted by Gasteiger charge is 2.19. The molecule has 2 N–H and O–H groups in total. The van der Waals surface area contributed by atoms with Crippen molar-refractivity contribution in [3.05, 3.63) is 27.7 Å². The van der Waals surface area contributed by atoms with Crippen LogP contribution < -0.4 is 10.6 Å². The summed E-state index contributed by atoms with van der Waals surface area (Å²) in [5, 5.41) is 0.753. The number of halogens is 2. The van der Waals surface area contributed by atoms with E-state index in [1.807, 2.05) is 12.1 Å². The fourth-order valence-corrected chi connectivity index (χ4v) is 2.12. The summed E-state index contributed by atoms with van der Waals surface area (Å²) in [7, 11) is 0. The van der Waals surface area contributed by atoms with Crippen LogP contribution in [-0.4, -0.2) is 19.1 Å². The van der Waals surface area contributed by atoms with Gasteiger partial charge in [0.2, 0.25) is 0 Å². The molecule has 1 heterocycles. The highest BCUT2D eigenvalue weighted by atomic mass is 79.9. The summed E-state index contributed by atoms with van der Waals surface area (Å²) < 4.78 is 0.936. The number of hydrogen-bond donors (Lipinski definition) is 1. The van der Waals surface area contributed by atoms with Gasteiger partial charge in [-0.25, -0.2) is 0 Å². The third-order valence-electron chi connectivity index (χ3n) is 2.49. The largest absolute Gasteiger partial charge is 0.370 e. The lowest BCUT2D eigenvalue weighted by Gasteiger charge is -2.18. The van der Waals surface area contributed by atoms with Crippen LogP contribution in [0.15, 0.2) is 22.7 Å². The Kier molecular flexibility index (Phi) is 3.00. The van der Waals surface area contributed by atoms with Gasteiger partial charge in [-0.1, -0.05) is 11.6 Å². The summed E-state index contributed by atoms with van der Waals surface area (Å²) in [6.45, 7) is 1.96. The maximum absolute atomic E-state index is 6.02. The van der Waals surface area contributed by atoms with Crippen LogP contribution >= 0.6 is 27.5 Å². The van der Waals surface area contributed by atoms with Gasteiger partial charge >= 0.3 is 0 Å². The fraction of sp³-hybridized carbons (Fsp3) is 0.400. The molecule has 0 aliphatic carbocycles. The number of anilines is 1. The predicted molar refractivity (Wildman–Crippen MR) is 64.0 cm³/mol. The van der Waals surface area contributed by atoms with Gasteiger partial charge in [0.25, 0.3) is 0 Å². The van der Waals surface area contributed by atoms with Gasteiger partial charge in [0.05, 0.1) is 5.02 Å². The Labute approximate surface area is 97.2 Å². The van der Waals surface area contributed by atoms with Crippen LogP contribution in [0.5, 0.6) is 0 Å². The first-order valence-corrected chi connectivity index (χ1v) is 5.79. The van der Waals surface area contributed by atoms with Crippen LogP contribution in [0.3, 0.4) is 0 Å². The van der Waals surface area contributed by atoms with Gasteiger partial charge in [-0.15, -0.1) is 0 Å². The van der Waals surface area contributed by atoms with Crippen LogP contribution in [0.1, 0.15) is 6.42 Å². The van der Waals surface area contributed by atoms with Crippen molar-refractivity contribution in [2.75, 3.05) is 18.0 Å². The highest BCUT2D eigenvalue weighted by molar-refractivity contribution is 9.10. The predicted octanol–water partition coefficient (Wildman–Crippen LogP) is 2.64. The summed E-state index contributed by atoms with van der Waals surface area (Å²) in [5.74, 6) is 0. The lowest BCUT2D eigenvalue weighted by molar-refractivity contribution is 0.752. The minimum Gasteiger partial charge on any atom is -0.370 e. The van der Waals surface area contributed by atoms with E-state index in [1.54, 1.807) is 0 Å². The molecule has 1 unspecified atom stereocenters. The Bertz CT molecular complexity index is 343. The van der Waals surface area contributed by atoms with Gasteiger partial charge < -0.3 is 10.6 Å². The topological polar surface area (TPSA) is 29.3 Å². The van der Waals surface area contributed by atoms with E-state index < -0.39 is 0 Å². The second-order valence-electron chi connectivity index (χ2n) is 3.59. The maximum Gasteiger partial charge on any atom is 0.0568 e. The van der Waals surface area contributed by atoms with Gasteiger partial charge in [0.15, 0.2) is 0 Å². The summed E-state index contributed by atoms with van der Waals surface area (Å²) in [5.41, 5.74) is 7.00. The molecule has 0 radical (unpaired) electrons. The van der Waals surface area contributed by atoms with Crippen molar-refractivity contribution < 1.29 is 0 Å². The molecule has 1 aliphatic heterocycles. The number of rotatable bonds is 1. The van der Waals surface area contributed by atoms with Crippen molar-refractivity contribution in [3.63, 3.8) is 0 Å². The van der Waals surface area contributed by atoms with E-state index in [2.05, 4.69) is 26.9 Å². The minimum atomic E-state index is 0.303. The number of benzene rings is 1. The molecule has 0 bridgehead atoms. The molecule has 76 valence electrons. The van der Waals surface area contributed by atoms with E-state index in [0.717, 1.165) is 34.7 Å². The van der Waals surface area contributed by atoms with Crippen molar-refractivity contribution in [2.24, 2.45) is 5.73 Å². The molecule has 2 nitrogen and oxygen atoms in total. The second-order valence-corrected chi connectivity index (χ2v) is 4.85. The van der Waals surface area contributed by atoms with Crippen molar-refractivity contribution in [1.29, 1.82) is 0 Å². The first kappa shape index (κ1) is 10.3. The standard InChI is InChI=1S/C10H12BrClN2/c11-9-2-1-8(5-10(9)12)14-4-3-7(13)6-14/h1-2,5,7H,3-4,6,13H2. The fourth-order valence-electron chi connectivity index (χ4n) is 1.70. The third-order valence-corrected chi connectivity index (χ3v) is 3.73. The lowest BCUT2D eigenvalue weighted by atomic mass is 10.3. The summed E-state index contributed by atoms with van der Waals surface area (Å²) in [6, 6.07) is 6.32. The molecule has 0 spiro atoms. The first-order valence-electron chi connectivity index (χ1n) is 4.62. The van der Waals surface area contributed by atoms with Crippen molar-refractivity contribution >= 4 is 33.2 Å². The molecule has 14 heavy (non-hydrogen) atoms. The third kappa shape index (κ3) is 2.05. The van der Waals surface area contributed by atoms with Gasteiger partial charge in [-0.3, -0.25) is 0 Å². The molecule has 0 aromatic heterocycles. The highest BCUT2D eigenvalue weighted by Crippen LogP contribution is 2.28. The number of hydrogen-bond acceptors (Lipinski definition) is 2. The monoisotopic (exact) mass is 274 g/mol. The van der Waals surface area contributed by atoms with Crippen LogP contribution in [0, 0.1) is 0 Å². The molecule has 1 atom stereocenters. The first-order chi connectivity index (χ1) is 6.66. The SMILES string of the molecule is NC1CCN(c2ccc(Br)c(Cl)c2)C1. The van der Waals surface area contributed by atoms with Crippen molar-refractivity contribution in [1.82, 2.24) is 0 Å². The zero-order chi connectivity index (χ0) is 10.1. The molecule has 1 aromatic carbocycles. The van der Waals surface area contributed by atoms with Crippen LogP contribution in [-0.2, 0) is 0 Å². The summed E-state index contributed by atoms with van der Waals surface area (Å²) >= 11 is 9.40. The molecular formula is C10H12BrClN2. The Hall–Kier alpha value is -0.250. The molecule has 1 aromatic rings. The summed E-state index contributed by atoms with van der Waals surface area (Å²) in [6.07, 6.45) is 1.06. The Balaban J connectivity index is 2.20. The van der Waals surface area contributed by atoms with Crippen molar-refractivity contribution in [2.45, 2.75) is 12.5 Å². The molecule has 2 rings (SSSR count). The van der Waals surface area contributed by atoms with Crippen LogP contribution in [0.25, 0.3) is 0 Å². The number of nitrogens with zero attached hydrogens (tertiary/aromatic N) is 1. The normalized spacial score (nSPS) is 21.6. The molecule has 1 fully saturated rings. The molecule has 0 amide bonds. The zero-order valence-electron chi connectivity index (χ0n) is 7.71. The minimum absolute atomic E-state index is 0.303. The van der Waals surface area contributed by atoms with Gasteiger partial charge in [-0.05, 0) is 40.5 Å². The van der Waals surface area contributed by atoms with E-state index in [1.165, 1.54) is 0 Å². The van der Waals surface area contributed by atoms with Crippen molar-refractivity contribution in [3.8, 4) is 0 Å². The Morgan fingerprint density at radius 1 is 1.50 bits per heavy atom. The molecule has 0 saturated carbocycles. The van der Waals surface area contributed by atoms with Gasteiger partial charge in [-0.2, -0.15) is 0 Å². The maximum atomic E-state index is 6.02. The smallest absolute Gasteiger partial charge is 0.0568 e. The average molecular weight is 276 g/mol. The van der Waals surface area contributed by atoms with Crippen LogP contribution in [0.2, 0.25) is 5.02 Å². The van der Waals surface area contributed by atoms with E-state index >= 15 is 0 Å². The van der Waals surface area contributed by atoms with Gasteiger partial charge in [0, 0.05) is 29.3 Å². The quantitative estimate of drug-likeness (QED) is 0.854. The average Bonchev–Trinajstić information content (AvgIpc) is 2.57. The Morgan fingerprint density at radius 3 is 2.86 bits per heavy atom.